The lowest BCUT2D eigenvalue weighted by molar-refractivity contribution is 0.287. The summed E-state index contributed by atoms with van der Waals surface area (Å²) in [6.07, 6.45) is 2.38. The predicted octanol–water partition coefficient (Wildman–Crippen LogP) is 2.90. The van der Waals surface area contributed by atoms with Crippen molar-refractivity contribution in [3.63, 3.8) is 0 Å². The fraction of sp³-hybridized carbons (Fsp3) is 0.632. The van der Waals surface area contributed by atoms with Crippen molar-refractivity contribution in [2.24, 2.45) is 10.9 Å². The van der Waals surface area contributed by atoms with E-state index in [0.29, 0.717) is 0 Å². The van der Waals surface area contributed by atoms with Gasteiger partial charge in [0.2, 0.25) is 0 Å². The van der Waals surface area contributed by atoms with Gasteiger partial charge in [0.1, 0.15) is 5.75 Å². The van der Waals surface area contributed by atoms with E-state index in [2.05, 4.69) is 54.5 Å². The highest BCUT2D eigenvalue weighted by molar-refractivity contribution is 5.79. The van der Waals surface area contributed by atoms with Gasteiger partial charge in [-0.1, -0.05) is 32.0 Å². The van der Waals surface area contributed by atoms with Gasteiger partial charge in [0.15, 0.2) is 5.96 Å². The van der Waals surface area contributed by atoms with Crippen LogP contribution in [0.1, 0.15) is 38.3 Å². The molecule has 1 aromatic rings. The van der Waals surface area contributed by atoms with Crippen LogP contribution in [0, 0.1) is 5.92 Å². The molecule has 0 aliphatic carbocycles. The SMILES string of the molecule is CN=C(NCCCC(C)C)NCC(c1ccccc1OC)N(C)C. The maximum atomic E-state index is 5.51. The molecule has 0 heterocycles. The Morgan fingerprint density at radius 3 is 2.50 bits per heavy atom. The first-order valence-corrected chi connectivity index (χ1v) is 8.73. The fourth-order valence-corrected chi connectivity index (χ4v) is 2.64. The summed E-state index contributed by atoms with van der Waals surface area (Å²) in [6, 6.07) is 8.37. The largest absolute Gasteiger partial charge is 0.496 e. The number of para-hydroxylation sites is 1. The lowest BCUT2D eigenvalue weighted by atomic mass is 10.0. The minimum Gasteiger partial charge on any atom is -0.496 e. The molecule has 0 saturated carbocycles. The molecule has 0 amide bonds. The zero-order chi connectivity index (χ0) is 17.9. The van der Waals surface area contributed by atoms with Gasteiger partial charge in [-0.25, -0.2) is 0 Å². The second kappa shape index (κ2) is 10.9. The van der Waals surface area contributed by atoms with Gasteiger partial charge < -0.3 is 20.3 Å². The van der Waals surface area contributed by atoms with Gasteiger partial charge in [0.25, 0.3) is 0 Å². The van der Waals surface area contributed by atoms with Crippen molar-refractivity contribution in [1.82, 2.24) is 15.5 Å². The fourth-order valence-electron chi connectivity index (χ4n) is 2.64. The Labute approximate surface area is 147 Å². The lowest BCUT2D eigenvalue weighted by Crippen LogP contribution is -2.42. The molecular weight excluding hydrogens is 300 g/mol. The van der Waals surface area contributed by atoms with Crippen molar-refractivity contribution in [3.8, 4) is 5.75 Å². The highest BCUT2D eigenvalue weighted by Gasteiger charge is 2.18. The predicted molar refractivity (Wildman–Crippen MR) is 103 cm³/mol. The van der Waals surface area contributed by atoms with Crippen molar-refractivity contribution in [2.75, 3.05) is 41.3 Å². The number of nitrogens with zero attached hydrogens (tertiary/aromatic N) is 2. The molecule has 1 rings (SSSR count). The summed E-state index contributed by atoms with van der Waals surface area (Å²) < 4.78 is 5.51. The van der Waals surface area contributed by atoms with Crippen LogP contribution in [-0.4, -0.2) is 52.2 Å². The average molecular weight is 335 g/mol. The molecule has 0 radical (unpaired) electrons. The number of likely N-dealkylation sites (N-methyl/N-ethyl adjacent to an activating group) is 1. The topological polar surface area (TPSA) is 48.9 Å². The molecule has 1 unspecified atom stereocenters. The van der Waals surface area contributed by atoms with E-state index in [4.69, 9.17) is 4.74 Å². The smallest absolute Gasteiger partial charge is 0.191 e. The Kier molecular flexibility index (Phi) is 9.23. The summed E-state index contributed by atoms with van der Waals surface area (Å²) in [4.78, 5) is 6.51. The van der Waals surface area contributed by atoms with Crippen molar-refractivity contribution in [2.45, 2.75) is 32.7 Å². The van der Waals surface area contributed by atoms with Crippen LogP contribution in [0.4, 0.5) is 0 Å². The van der Waals surface area contributed by atoms with E-state index in [1.807, 2.05) is 25.2 Å². The van der Waals surface area contributed by atoms with Crippen LogP contribution in [0.2, 0.25) is 0 Å². The Bertz CT molecular complexity index is 500. The molecular formula is C19H34N4O. The zero-order valence-electron chi connectivity index (χ0n) is 16.1. The van der Waals surface area contributed by atoms with E-state index >= 15 is 0 Å². The molecule has 0 bridgehead atoms. The van der Waals surface area contributed by atoms with Crippen LogP contribution >= 0.6 is 0 Å². The number of nitrogens with one attached hydrogen (secondary N) is 2. The molecule has 0 aliphatic heterocycles. The van der Waals surface area contributed by atoms with Crippen LogP contribution in [0.25, 0.3) is 0 Å². The Morgan fingerprint density at radius 2 is 1.92 bits per heavy atom. The normalized spacial score (nSPS) is 13.2. The second-order valence-corrected chi connectivity index (χ2v) is 6.64. The Balaban J connectivity index is 2.62. The second-order valence-electron chi connectivity index (χ2n) is 6.64. The average Bonchev–Trinajstić information content (AvgIpc) is 2.56. The number of ether oxygens (including phenoxy) is 1. The van der Waals surface area contributed by atoms with Gasteiger partial charge in [-0.15, -0.1) is 0 Å². The maximum absolute atomic E-state index is 5.51. The number of benzene rings is 1. The maximum Gasteiger partial charge on any atom is 0.191 e. The van der Waals surface area contributed by atoms with E-state index in [1.54, 1.807) is 7.11 Å². The molecule has 0 fully saturated rings. The molecule has 0 aliphatic rings. The van der Waals surface area contributed by atoms with Gasteiger partial charge in [0, 0.05) is 25.7 Å². The van der Waals surface area contributed by atoms with E-state index in [1.165, 1.54) is 12.0 Å². The minimum atomic E-state index is 0.204. The molecule has 0 aromatic heterocycles. The molecule has 1 aromatic carbocycles. The van der Waals surface area contributed by atoms with E-state index in [-0.39, 0.29) is 6.04 Å². The molecule has 0 saturated heterocycles. The number of rotatable bonds is 9. The Hall–Kier alpha value is -1.75. The standard InChI is InChI=1S/C19H34N4O/c1-15(2)10-9-13-21-19(20-3)22-14-17(23(4)5)16-11-7-8-12-18(16)24-6/h7-8,11-12,15,17H,9-10,13-14H2,1-6H3,(H2,20,21,22). The van der Waals surface area contributed by atoms with Crippen molar-refractivity contribution < 1.29 is 4.74 Å². The highest BCUT2D eigenvalue weighted by Crippen LogP contribution is 2.27. The summed E-state index contributed by atoms with van der Waals surface area (Å²) in [7, 11) is 7.69. The minimum absolute atomic E-state index is 0.204. The molecule has 0 spiro atoms. The monoisotopic (exact) mass is 334 g/mol. The third kappa shape index (κ3) is 6.79. The van der Waals surface area contributed by atoms with Gasteiger partial charge in [-0.05, 0) is 38.9 Å². The first kappa shape index (κ1) is 20.3. The van der Waals surface area contributed by atoms with Crippen LogP contribution in [0.3, 0.4) is 0 Å². The first-order valence-electron chi connectivity index (χ1n) is 8.73. The molecule has 24 heavy (non-hydrogen) atoms. The molecule has 2 N–H and O–H groups in total. The van der Waals surface area contributed by atoms with Gasteiger partial charge in [-0.2, -0.15) is 0 Å². The molecule has 1 atom stereocenters. The number of hydrogen-bond acceptors (Lipinski definition) is 3. The summed E-state index contributed by atoms with van der Waals surface area (Å²) in [5.41, 5.74) is 1.17. The third-order valence-electron chi connectivity index (χ3n) is 4.06. The van der Waals surface area contributed by atoms with E-state index in [9.17, 15) is 0 Å². The molecule has 5 nitrogen and oxygen atoms in total. The van der Waals surface area contributed by atoms with Crippen LogP contribution in [-0.2, 0) is 0 Å². The Morgan fingerprint density at radius 1 is 1.21 bits per heavy atom. The molecule has 136 valence electrons. The third-order valence-corrected chi connectivity index (χ3v) is 4.06. The lowest BCUT2D eigenvalue weighted by Gasteiger charge is -2.27. The van der Waals surface area contributed by atoms with Gasteiger partial charge in [0.05, 0.1) is 13.2 Å². The summed E-state index contributed by atoms with van der Waals surface area (Å²) >= 11 is 0. The van der Waals surface area contributed by atoms with E-state index < -0.39 is 0 Å². The summed E-state index contributed by atoms with van der Waals surface area (Å²) in [5.74, 6) is 2.50. The summed E-state index contributed by atoms with van der Waals surface area (Å²) in [6.45, 7) is 6.21. The van der Waals surface area contributed by atoms with Crippen molar-refractivity contribution in [1.29, 1.82) is 0 Å². The number of hydrogen-bond donors (Lipinski definition) is 2. The van der Waals surface area contributed by atoms with Crippen molar-refractivity contribution >= 4 is 5.96 Å². The van der Waals surface area contributed by atoms with Crippen LogP contribution in [0.5, 0.6) is 5.75 Å². The molecule has 5 heteroatoms. The first-order chi connectivity index (χ1) is 11.5. The highest BCUT2D eigenvalue weighted by atomic mass is 16.5. The van der Waals surface area contributed by atoms with Crippen LogP contribution < -0.4 is 15.4 Å². The van der Waals surface area contributed by atoms with E-state index in [0.717, 1.165) is 37.1 Å². The van der Waals surface area contributed by atoms with Crippen molar-refractivity contribution in [3.05, 3.63) is 29.8 Å². The summed E-state index contributed by atoms with van der Waals surface area (Å²) in [5, 5.41) is 6.82. The zero-order valence-corrected chi connectivity index (χ0v) is 16.1. The van der Waals surface area contributed by atoms with Gasteiger partial charge >= 0.3 is 0 Å². The quantitative estimate of drug-likeness (QED) is 0.414. The number of methoxy groups -OCH3 is 1. The number of guanidine groups is 1. The number of aliphatic imine (C=N–C) groups is 1. The van der Waals surface area contributed by atoms with Gasteiger partial charge in [-0.3, -0.25) is 4.99 Å². The van der Waals surface area contributed by atoms with Crippen LogP contribution in [0.15, 0.2) is 29.3 Å².